The van der Waals surface area contributed by atoms with E-state index in [0.29, 0.717) is 22.3 Å². The molecular formula is C15H12FN3O2. The molecule has 0 aliphatic carbocycles. The second-order valence-corrected chi connectivity index (χ2v) is 4.67. The number of phenols is 2. The molecule has 0 saturated heterocycles. The molecule has 1 aromatic heterocycles. The first-order valence-corrected chi connectivity index (χ1v) is 6.24. The number of aromatic nitrogens is 2. The van der Waals surface area contributed by atoms with Gasteiger partial charge in [-0.05, 0) is 30.7 Å². The molecule has 0 fully saturated rings. The zero-order valence-corrected chi connectivity index (χ0v) is 11.1. The van der Waals surface area contributed by atoms with E-state index in [9.17, 15) is 14.6 Å². The topological polar surface area (TPSA) is 78.3 Å². The lowest BCUT2D eigenvalue weighted by molar-refractivity contribution is 0.469. The summed E-state index contributed by atoms with van der Waals surface area (Å²) in [6.07, 6.45) is 1.32. The van der Waals surface area contributed by atoms with E-state index in [1.165, 1.54) is 30.6 Å². The standard InChI is InChI=1S/C15H12FN3O2/c1-8-4-11(16)13(6-14(8)21)19-15-10-3-2-9(20)5-12(10)17-7-18-15/h2-7,20-21H,1H3,(H,17,18,19). The Kier molecular flexibility index (Phi) is 3.06. The minimum Gasteiger partial charge on any atom is -0.508 e. The van der Waals surface area contributed by atoms with Gasteiger partial charge in [-0.1, -0.05) is 0 Å². The number of hydrogen-bond donors (Lipinski definition) is 3. The summed E-state index contributed by atoms with van der Waals surface area (Å²) in [6.45, 7) is 1.62. The van der Waals surface area contributed by atoms with Crippen molar-refractivity contribution in [2.45, 2.75) is 6.92 Å². The van der Waals surface area contributed by atoms with E-state index in [1.54, 1.807) is 13.0 Å². The first kappa shape index (κ1) is 13.1. The average molecular weight is 285 g/mol. The molecule has 0 aliphatic rings. The highest BCUT2D eigenvalue weighted by Crippen LogP contribution is 2.30. The second-order valence-electron chi connectivity index (χ2n) is 4.67. The Morgan fingerprint density at radius 2 is 1.90 bits per heavy atom. The van der Waals surface area contributed by atoms with Gasteiger partial charge >= 0.3 is 0 Å². The maximum Gasteiger partial charge on any atom is 0.147 e. The molecule has 0 saturated carbocycles. The summed E-state index contributed by atoms with van der Waals surface area (Å²) in [5.74, 6) is -0.0146. The number of phenolic OH excluding ortho intramolecular Hbond substituents is 2. The summed E-state index contributed by atoms with van der Waals surface area (Å²) >= 11 is 0. The zero-order chi connectivity index (χ0) is 15.0. The number of aromatic hydroxyl groups is 2. The van der Waals surface area contributed by atoms with E-state index in [2.05, 4.69) is 15.3 Å². The molecule has 1 heterocycles. The fourth-order valence-electron chi connectivity index (χ4n) is 2.03. The molecule has 0 unspecified atom stereocenters. The van der Waals surface area contributed by atoms with Crippen molar-refractivity contribution >= 4 is 22.4 Å². The number of rotatable bonds is 2. The lowest BCUT2D eigenvalue weighted by Crippen LogP contribution is -1.98. The van der Waals surface area contributed by atoms with Crippen LogP contribution in [-0.2, 0) is 0 Å². The molecule has 0 bridgehead atoms. The highest BCUT2D eigenvalue weighted by molar-refractivity contribution is 5.91. The van der Waals surface area contributed by atoms with Crippen molar-refractivity contribution in [3.8, 4) is 11.5 Å². The van der Waals surface area contributed by atoms with Gasteiger partial charge in [-0.2, -0.15) is 0 Å². The highest BCUT2D eigenvalue weighted by Gasteiger charge is 2.10. The SMILES string of the molecule is Cc1cc(F)c(Nc2ncnc3cc(O)ccc23)cc1O. The number of nitrogens with zero attached hydrogens (tertiary/aromatic N) is 2. The summed E-state index contributed by atoms with van der Waals surface area (Å²) in [5.41, 5.74) is 1.10. The highest BCUT2D eigenvalue weighted by atomic mass is 19.1. The molecule has 21 heavy (non-hydrogen) atoms. The van der Waals surface area contributed by atoms with Crippen molar-refractivity contribution in [1.29, 1.82) is 0 Å². The Hall–Kier alpha value is -2.89. The van der Waals surface area contributed by atoms with Gasteiger partial charge in [-0.3, -0.25) is 0 Å². The van der Waals surface area contributed by atoms with E-state index < -0.39 is 5.82 Å². The fourth-order valence-corrected chi connectivity index (χ4v) is 2.03. The molecule has 0 radical (unpaired) electrons. The Balaban J connectivity index is 2.08. The predicted molar refractivity (Wildman–Crippen MR) is 77.3 cm³/mol. The zero-order valence-electron chi connectivity index (χ0n) is 11.1. The van der Waals surface area contributed by atoms with Gasteiger partial charge in [0.25, 0.3) is 0 Å². The number of benzene rings is 2. The lowest BCUT2D eigenvalue weighted by atomic mass is 10.2. The number of aryl methyl sites for hydroxylation is 1. The Bertz CT molecular complexity index is 837. The molecule has 5 nitrogen and oxygen atoms in total. The third-order valence-corrected chi connectivity index (χ3v) is 3.16. The number of halogens is 1. The van der Waals surface area contributed by atoms with E-state index in [-0.39, 0.29) is 17.2 Å². The predicted octanol–water partition coefficient (Wildman–Crippen LogP) is 3.23. The van der Waals surface area contributed by atoms with Gasteiger partial charge < -0.3 is 15.5 Å². The average Bonchev–Trinajstić information content (AvgIpc) is 2.44. The van der Waals surface area contributed by atoms with Crippen molar-refractivity contribution in [2.75, 3.05) is 5.32 Å². The number of nitrogens with one attached hydrogen (secondary N) is 1. The van der Waals surface area contributed by atoms with Crippen LogP contribution in [0.15, 0.2) is 36.7 Å². The first-order valence-electron chi connectivity index (χ1n) is 6.24. The van der Waals surface area contributed by atoms with Gasteiger partial charge in [0.1, 0.15) is 29.5 Å². The van der Waals surface area contributed by atoms with Crippen molar-refractivity contribution < 1.29 is 14.6 Å². The Labute approximate surface area is 119 Å². The summed E-state index contributed by atoms with van der Waals surface area (Å²) in [7, 11) is 0. The minimum atomic E-state index is -0.490. The van der Waals surface area contributed by atoms with Crippen LogP contribution < -0.4 is 5.32 Å². The van der Waals surface area contributed by atoms with Crippen LogP contribution in [-0.4, -0.2) is 20.2 Å². The van der Waals surface area contributed by atoms with Gasteiger partial charge in [0.2, 0.25) is 0 Å². The van der Waals surface area contributed by atoms with Crippen molar-refractivity contribution in [1.82, 2.24) is 9.97 Å². The largest absolute Gasteiger partial charge is 0.508 e. The minimum absolute atomic E-state index is 0.00472. The summed E-state index contributed by atoms with van der Waals surface area (Å²) in [6, 6.07) is 7.18. The third-order valence-electron chi connectivity index (χ3n) is 3.16. The van der Waals surface area contributed by atoms with Gasteiger partial charge in [0, 0.05) is 17.5 Å². The molecule has 6 heteroatoms. The quantitative estimate of drug-likeness (QED) is 0.673. The Morgan fingerprint density at radius 1 is 1.10 bits per heavy atom. The maximum atomic E-state index is 13.9. The second kappa shape index (κ2) is 4.90. The van der Waals surface area contributed by atoms with Crippen molar-refractivity contribution in [2.24, 2.45) is 0 Å². The smallest absolute Gasteiger partial charge is 0.147 e. The number of hydrogen-bond acceptors (Lipinski definition) is 5. The van der Waals surface area contributed by atoms with E-state index >= 15 is 0 Å². The van der Waals surface area contributed by atoms with Crippen LogP contribution in [0.1, 0.15) is 5.56 Å². The van der Waals surface area contributed by atoms with Gasteiger partial charge in [0.05, 0.1) is 11.2 Å². The Morgan fingerprint density at radius 3 is 2.71 bits per heavy atom. The molecule has 3 rings (SSSR count). The van der Waals surface area contributed by atoms with Crippen LogP contribution in [0.4, 0.5) is 15.9 Å². The molecule has 0 aliphatic heterocycles. The molecule has 0 spiro atoms. The molecule has 2 aromatic carbocycles. The number of fused-ring (bicyclic) bond motifs is 1. The van der Waals surface area contributed by atoms with Gasteiger partial charge in [-0.25, -0.2) is 14.4 Å². The van der Waals surface area contributed by atoms with E-state index in [1.807, 2.05) is 0 Å². The number of anilines is 2. The van der Waals surface area contributed by atoms with Crippen LogP contribution in [0.2, 0.25) is 0 Å². The van der Waals surface area contributed by atoms with Crippen molar-refractivity contribution in [3.63, 3.8) is 0 Å². The maximum absolute atomic E-state index is 13.9. The fraction of sp³-hybridized carbons (Fsp3) is 0.0667. The van der Waals surface area contributed by atoms with Gasteiger partial charge in [-0.15, -0.1) is 0 Å². The molecule has 3 N–H and O–H groups in total. The first-order chi connectivity index (χ1) is 10.0. The molecular weight excluding hydrogens is 273 g/mol. The van der Waals surface area contributed by atoms with Crippen LogP contribution in [0.3, 0.4) is 0 Å². The normalized spacial score (nSPS) is 10.8. The summed E-state index contributed by atoms with van der Waals surface area (Å²) in [5, 5.41) is 22.6. The molecule has 0 amide bonds. The van der Waals surface area contributed by atoms with E-state index in [0.717, 1.165) is 0 Å². The summed E-state index contributed by atoms with van der Waals surface area (Å²) < 4.78 is 13.9. The van der Waals surface area contributed by atoms with Crippen LogP contribution >= 0.6 is 0 Å². The van der Waals surface area contributed by atoms with Crippen molar-refractivity contribution in [3.05, 3.63) is 48.0 Å². The monoisotopic (exact) mass is 285 g/mol. The molecule has 106 valence electrons. The van der Waals surface area contributed by atoms with Gasteiger partial charge in [0.15, 0.2) is 0 Å². The lowest BCUT2D eigenvalue weighted by Gasteiger charge is -2.10. The molecule has 0 atom stereocenters. The van der Waals surface area contributed by atoms with E-state index in [4.69, 9.17) is 0 Å². The summed E-state index contributed by atoms with van der Waals surface area (Å²) in [4.78, 5) is 8.12. The molecule has 3 aromatic rings. The van der Waals surface area contributed by atoms with Crippen LogP contribution in [0.25, 0.3) is 10.9 Å². The van der Waals surface area contributed by atoms with Crippen LogP contribution in [0, 0.1) is 12.7 Å². The third kappa shape index (κ3) is 2.43. The van der Waals surface area contributed by atoms with Crippen LogP contribution in [0.5, 0.6) is 11.5 Å².